The number of aromatic nitrogens is 2. The van der Waals surface area contributed by atoms with Gasteiger partial charge in [0.25, 0.3) is 0 Å². The smallest absolute Gasteiger partial charge is 0.139 e. The van der Waals surface area contributed by atoms with Gasteiger partial charge in [-0.3, -0.25) is 0 Å². The fraction of sp³-hybridized carbons (Fsp3) is 0.250. The molecular weight excluding hydrogens is 172 g/mol. The summed E-state index contributed by atoms with van der Waals surface area (Å²) < 4.78 is 2.08. The molecule has 0 radical (unpaired) electrons. The molecule has 2 aromatic rings. The predicted octanol–water partition coefficient (Wildman–Crippen LogP) is 2.65. The molecule has 1 heterocycles. The zero-order valence-corrected chi connectivity index (χ0v) is 8.57. The SMILES string of the molecule is CCc1cn(C)c(-c2ccccc2)n1. The molecule has 0 fully saturated rings. The Morgan fingerprint density at radius 2 is 1.93 bits per heavy atom. The first-order valence-electron chi connectivity index (χ1n) is 4.89. The van der Waals surface area contributed by atoms with Gasteiger partial charge in [0, 0.05) is 18.8 Å². The van der Waals surface area contributed by atoms with E-state index in [1.54, 1.807) is 0 Å². The summed E-state index contributed by atoms with van der Waals surface area (Å²) in [5.74, 6) is 1.04. The first-order chi connectivity index (χ1) is 6.81. The Hall–Kier alpha value is -1.57. The third-order valence-corrected chi connectivity index (χ3v) is 2.32. The Balaban J connectivity index is 2.46. The van der Waals surface area contributed by atoms with Crippen molar-refractivity contribution < 1.29 is 0 Å². The Kier molecular flexibility index (Phi) is 2.35. The van der Waals surface area contributed by atoms with Crippen molar-refractivity contribution in [1.82, 2.24) is 9.55 Å². The van der Waals surface area contributed by atoms with Crippen LogP contribution in [0.15, 0.2) is 36.5 Å². The highest BCUT2D eigenvalue weighted by Gasteiger charge is 2.04. The first-order valence-corrected chi connectivity index (χ1v) is 4.89. The Morgan fingerprint density at radius 3 is 2.50 bits per heavy atom. The van der Waals surface area contributed by atoms with Crippen molar-refractivity contribution in [3.05, 3.63) is 42.2 Å². The molecule has 14 heavy (non-hydrogen) atoms. The molecule has 2 heteroatoms. The zero-order valence-electron chi connectivity index (χ0n) is 8.57. The number of aryl methyl sites for hydroxylation is 2. The van der Waals surface area contributed by atoms with Crippen LogP contribution in [-0.4, -0.2) is 9.55 Å². The van der Waals surface area contributed by atoms with Crippen molar-refractivity contribution in [3.63, 3.8) is 0 Å². The van der Waals surface area contributed by atoms with Gasteiger partial charge in [0.1, 0.15) is 5.82 Å². The average Bonchev–Trinajstić information content (AvgIpc) is 2.61. The van der Waals surface area contributed by atoms with Crippen molar-refractivity contribution in [2.24, 2.45) is 7.05 Å². The van der Waals surface area contributed by atoms with Crippen molar-refractivity contribution in [3.8, 4) is 11.4 Å². The minimum absolute atomic E-state index is 0.987. The van der Waals surface area contributed by atoms with Crippen LogP contribution >= 0.6 is 0 Å². The van der Waals surface area contributed by atoms with E-state index in [9.17, 15) is 0 Å². The van der Waals surface area contributed by atoms with E-state index in [2.05, 4.69) is 34.8 Å². The highest BCUT2D eigenvalue weighted by Crippen LogP contribution is 2.17. The maximum atomic E-state index is 4.56. The van der Waals surface area contributed by atoms with Crippen molar-refractivity contribution in [2.45, 2.75) is 13.3 Å². The van der Waals surface area contributed by atoms with Gasteiger partial charge >= 0.3 is 0 Å². The monoisotopic (exact) mass is 186 g/mol. The number of nitrogens with zero attached hydrogens (tertiary/aromatic N) is 2. The van der Waals surface area contributed by atoms with Crippen LogP contribution in [0.5, 0.6) is 0 Å². The van der Waals surface area contributed by atoms with Gasteiger partial charge in [-0.05, 0) is 6.42 Å². The lowest BCUT2D eigenvalue weighted by atomic mass is 10.2. The highest BCUT2D eigenvalue weighted by molar-refractivity contribution is 5.55. The lowest BCUT2D eigenvalue weighted by molar-refractivity contribution is 0.922. The van der Waals surface area contributed by atoms with Crippen molar-refractivity contribution in [2.75, 3.05) is 0 Å². The molecule has 1 aromatic carbocycles. The molecule has 0 bridgehead atoms. The Bertz CT molecular complexity index is 415. The quantitative estimate of drug-likeness (QED) is 0.705. The lowest BCUT2D eigenvalue weighted by Crippen LogP contribution is -1.89. The van der Waals surface area contributed by atoms with Gasteiger partial charge in [0.15, 0.2) is 0 Å². The molecule has 2 nitrogen and oxygen atoms in total. The second kappa shape index (κ2) is 3.66. The molecule has 0 aliphatic heterocycles. The number of hydrogen-bond acceptors (Lipinski definition) is 1. The topological polar surface area (TPSA) is 17.8 Å². The normalized spacial score (nSPS) is 10.4. The summed E-state index contributed by atoms with van der Waals surface area (Å²) in [6.07, 6.45) is 3.07. The molecule has 0 saturated carbocycles. The summed E-state index contributed by atoms with van der Waals surface area (Å²) in [5, 5.41) is 0. The number of rotatable bonds is 2. The van der Waals surface area contributed by atoms with Gasteiger partial charge in [0.05, 0.1) is 5.69 Å². The van der Waals surface area contributed by atoms with Crippen molar-refractivity contribution >= 4 is 0 Å². The van der Waals surface area contributed by atoms with E-state index < -0.39 is 0 Å². The van der Waals surface area contributed by atoms with E-state index in [0.717, 1.165) is 17.9 Å². The minimum Gasteiger partial charge on any atom is -0.334 e. The summed E-state index contributed by atoms with van der Waals surface area (Å²) >= 11 is 0. The van der Waals surface area contributed by atoms with Crippen LogP contribution in [-0.2, 0) is 13.5 Å². The molecule has 2 rings (SSSR count). The summed E-state index contributed by atoms with van der Waals surface area (Å²) in [7, 11) is 2.04. The molecule has 0 atom stereocenters. The maximum absolute atomic E-state index is 4.56. The molecule has 72 valence electrons. The Labute approximate surface area is 84.2 Å². The van der Waals surface area contributed by atoms with Crippen LogP contribution in [0, 0.1) is 0 Å². The summed E-state index contributed by atoms with van der Waals surface area (Å²) in [4.78, 5) is 4.56. The van der Waals surface area contributed by atoms with E-state index in [1.807, 2.05) is 25.2 Å². The van der Waals surface area contributed by atoms with Gasteiger partial charge in [-0.15, -0.1) is 0 Å². The van der Waals surface area contributed by atoms with Gasteiger partial charge in [-0.1, -0.05) is 37.3 Å². The van der Waals surface area contributed by atoms with Gasteiger partial charge in [-0.25, -0.2) is 4.98 Å². The lowest BCUT2D eigenvalue weighted by Gasteiger charge is -1.99. The van der Waals surface area contributed by atoms with Gasteiger partial charge in [-0.2, -0.15) is 0 Å². The van der Waals surface area contributed by atoms with E-state index in [4.69, 9.17) is 0 Å². The second-order valence-electron chi connectivity index (χ2n) is 3.39. The summed E-state index contributed by atoms with van der Waals surface area (Å²) in [5.41, 5.74) is 2.32. The van der Waals surface area contributed by atoms with E-state index in [1.165, 1.54) is 5.56 Å². The van der Waals surface area contributed by atoms with E-state index in [-0.39, 0.29) is 0 Å². The number of imidazole rings is 1. The first kappa shape index (κ1) is 9.00. The van der Waals surface area contributed by atoms with E-state index >= 15 is 0 Å². The molecule has 0 N–H and O–H groups in total. The fourth-order valence-corrected chi connectivity index (χ4v) is 1.55. The van der Waals surface area contributed by atoms with Crippen LogP contribution in [0.4, 0.5) is 0 Å². The highest BCUT2D eigenvalue weighted by atomic mass is 15.0. The van der Waals surface area contributed by atoms with Gasteiger partial charge in [0.2, 0.25) is 0 Å². The van der Waals surface area contributed by atoms with Gasteiger partial charge < -0.3 is 4.57 Å². The standard InChI is InChI=1S/C12H14N2/c1-3-11-9-14(2)12(13-11)10-7-5-4-6-8-10/h4-9H,3H2,1-2H3. The third-order valence-electron chi connectivity index (χ3n) is 2.32. The number of hydrogen-bond donors (Lipinski definition) is 0. The molecule has 0 amide bonds. The van der Waals surface area contributed by atoms with Crippen LogP contribution < -0.4 is 0 Å². The molecule has 0 unspecified atom stereocenters. The van der Waals surface area contributed by atoms with E-state index in [0.29, 0.717) is 0 Å². The van der Waals surface area contributed by atoms with Crippen LogP contribution in [0.25, 0.3) is 11.4 Å². The molecule has 1 aromatic heterocycles. The maximum Gasteiger partial charge on any atom is 0.139 e. The zero-order chi connectivity index (χ0) is 9.97. The molecule has 0 saturated heterocycles. The van der Waals surface area contributed by atoms with Crippen LogP contribution in [0.2, 0.25) is 0 Å². The average molecular weight is 186 g/mol. The third kappa shape index (κ3) is 1.55. The van der Waals surface area contributed by atoms with Crippen LogP contribution in [0.3, 0.4) is 0 Å². The minimum atomic E-state index is 0.987. The van der Waals surface area contributed by atoms with Crippen LogP contribution in [0.1, 0.15) is 12.6 Å². The number of benzene rings is 1. The summed E-state index contributed by atoms with van der Waals surface area (Å²) in [6.45, 7) is 2.12. The largest absolute Gasteiger partial charge is 0.334 e. The molecule has 0 aliphatic rings. The summed E-state index contributed by atoms with van der Waals surface area (Å²) in [6, 6.07) is 10.3. The van der Waals surface area contributed by atoms with Crippen molar-refractivity contribution in [1.29, 1.82) is 0 Å². The second-order valence-corrected chi connectivity index (χ2v) is 3.39. The molecular formula is C12H14N2. The molecule has 0 aliphatic carbocycles. The molecule has 0 spiro atoms. The Morgan fingerprint density at radius 1 is 1.21 bits per heavy atom. The fourth-order valence-electron chi connectivity index (χ4n) is 1.55. The predicted molar refractivity (Wildman–Crippen MR) is 58.0 cm³/mol.